The van der Waals surface area contributed by atoms with E-state index in [0.717, 1.165) is 55.0 Å². The van der Waals surface area contributed by atoms with Crippen LogP contribution in [-0.4, -0.2) is 24.9 Å². The molecule has 0 spiro atoms. The number of fused-ring (bicyclic) bond motifs is 8. The molecule has 0 aliphatic rings. The fourth-order valence-corrected chi connectivity index (χ4v) is 6.47. The Morgan fingerprint density at radius 1 is 0.326 bits per heavy atom. The van der Waals surface area contributed by atoms with E-state index in [9.17, 15) is 0 Å². The van der Waals surface area contributed by atoms with Gasteiger partial charge in [-0.2, -0.15) is 0 Å². The van der Waals surface area contributed by atoms with E-state index in [0.29, 0.717) is 17.5 Å². The summed E-state index contributed by atoms with van der Waals surface area (Å²) in [6, 6.07) is 47.8. The summed E-state index contributed by atoms with van der Waals surface area (Å²) in [6.45, 7) is 0. The van der Waals surface area contributed by atoms with Gasteiger partial charge in [0, 0.05) is 50.8 Å². The summed E-state index contributed by atoms with van der Waals surface area (Å²) < 4.78 is 0. The van der Waals surface area contributed by atoms with Crippen LogP contribution in [0.1, 0.15) is 0 Å². The quantitative estimate of drug-likeness (QED) is 0.192. The molecular weight excluding hydrogens is 562 g/mol. The summed E-state index contributed by atoms with van der Waals surface area (Å²) in [5.74, 6) is 1.91. The van der Waals surface area contributed by atoms with Gasteiger partial charge in [0.05, 0.1) is 11.2 Å². The van der Waals surface area contributed by atoms with Crippen LogP contribution in [0.25, 0.3) is 88.6 Å². The maximum Gasteiger partial charge on any atom is 0.164 e. The first-order valence-corrected chi connectivity index (χ1v) is 15.3. The van der Waals surface area contributed by atoms with Crippen molar-refractivity contribution >= 4 is 43.2 Å². The van der Waals surface area contributed by atoms with Crippen LogP contribution in [0.3, 0.4) is 0 Å². The van der Waals surface area contributed by atoms with E-state index in [4.69, 9.17) is 19.9 Å². The van der Waals surface area contributed by atoms with Crippen molar-refractivity contribution < 1.29 is 0 Å². The van der Waals surface area contributed by atoms with Crippen LogP contribution in [0.5, 0.6) is 0 Å². The van der Waals surface area contributed by atoms with Crippen LogP contribution in [0.4, 0.5) is 0 Å². The molecule has 0 amide bonds. The van der Waals surface area contributed by atoms with Crippen LogP contribution in [0.15, 0.2) is 152 Å². The smallest absolute Gasteiger partial charge is 0.164 e. The molecule has 0 saturated heterocycles. The van der Waals surface area contributed by atoms with Gasteiger partial charge < -0.3 is 0 Å². The molecule has 46 heavy (non-hydrogen) atoms. The molecule has 3 heterocycles. The minimum Gasteiger partial charge on any atom is -0.265 e. The number of pyridine rings is 2. The molecule has 9 aromatic rings. The zero-order valence-electron chi connectivity index (χ0n) is 24.7. The highest BCUT2D eigenvalue weighted by Crippen LogP contribution is 2.43. The van der Waals surface area contributed by atoms with Crippen molar-refractivity contribution in [3.8, 4) is 45.4 Å². The minimum absolute atomic E-state index is 0.629. The van der Waals surface area contributed by atoms with E-state index < -0.39 is 0 Å². The second kappa shape index (κ2) is 10.7. The van der Waals surface area contributed by atoms with Crippen molar-refractivity contribution in [2.24, 2.45) is 0 Å². The first kappa shape index (κ1) is 26.1. The van der Waals surface area contributed by atoms with Crippen LogP contribution in [0.2, 0.25) is 0 Å². The fourth-order valence-electron chi connectivity index (χ4n) is 6.47. The lowest BCUT2D eigenvalue weighted by Gasteiger charge is -2.17. The van der Waals surface area contributed by atoms with Gasteiger partial charge >= 0.3 is 0 Å². The van der Waals surface area contributed by atoms with E-state index in [1.54, 1.807) is 0 Å². The molecule has 214 valence electrons. The van der Waals surface area contributed by atoms with Gasteiger partial charge in [0.1, 0.15) is 0 Å². The summed E-state index contributed by atoms with van der Waals surface area (Å²) in [5.41, 5.74) is 5.75. The van der Waals surface area contributed by atoms with Crippen LogP contribution in [-0.2, 0) is 0 Å². The highest BCUT2D eigenvalue weighted by atomic mass is 15.0. The number of hydrogen-bond donors (Lipinski definition) is 0. The predicted molar refractivity (Wildman–Crippen MR) is 187 cm³/mol. The van der Waals surface area contributed by atoms with Crippen LogP contribution in [0, 0.1) is 0 Å². The fraction of sp³-hybridized carbons (Fsp3) is 0. The molecule has 0 unspecified atom stereocenters. The molecule has 0 aliphatic heterocycles. The zero-order chi connectivity index (χ0) is 30.5. The van der Waals surface area contributed by atoms with Crippen molar-refractivity contribution in [1.29, 1.82) is 0 Å². The average molecular weight is 588 g/mol. The molecule has 0 saturated carbocycles. The largest absolute Gasteiger partial charge is 0.265 e. The predicted octanol–water partition coefficient (Wildman–Crippen LogP) is 9.94. The summed E-state index contributed by atoms with van der Waals surface area (Å²) in [6.07, 6.45) is 3.66. The van der Waals surface area contributed by atoms with Crippen molar-refractivity contribution in [1.82, 2.24) is 24.9 Å². The Morgan fingerprint density at radius 3 is 1.54 bits per heavy atom. The SMILES string of the molecule is c1ccc(-c2nc(-c3ccccc3)nc(-c3ccc4c(c3)c3ccccc3c3c5ccccc5nc(-c5ccncc5)c43)n2)cc1. The van der Waals surface area contributed by atoms with Gasteiger partial charge in [0.2, 0.25) is 0 Å². The Morgan fingerprint density at radius 2 is 0.870 bits per heavy atom. The molecule has 0 N–H and O–H groups in total. The van der Waals surface area contributed by atoms with Crippen molar-refractivity contribution in [2.75, 3.05) is 0 Å². The molecule has 0 aliphatic carbocycles. The molecule has 0 radical (unpaired) electrons. The van der Waals surface area contributed by atoms with Crippen molar-refractivity contribution in [2.45, 2.75) is 0 Å². The van der Waals surface area contributed by atoms with Gasteiger partial charge in [0.25, 0.3) is 0 Å². The summed E-state index contributed by atoms with van der Waals surface area (Å²) >= 11 is 0. The van der Waals surface area contributed by atoms with Crippen LogP contribution < -0.4 is 0 Å². The maximum atomic E-state index is 5.24. The van der Waals surface area contributed by atoms with Gasteiger partial charge in [0.15, 0.2) is 17.5 Å². The average Bonchev–Trinajstić information content (AvgIpc) is 3.15. The first-order chi connectivity index (χ1) is 22.8. The van der Waals surface area contributed by atoms with E-state index in [2.05, 4.69) is 71.7 Å². The topological polar surface area (TPSA) is 64.5 Å². The molecule has 0 fully saturated rings. The second-order valence-corrected chi connectivity index (χ2v) is 11.3. The second-order valence-electron chi connectivity index (χ2n) is 11.3. The highest BCUT2D eigenvalue weighted by molar-refractivity contribution is 6.33. The zero-order valence-corrected chi connectivity index (χ0v) is 24.7. The summed E-state index contributed by atoms with van der Waals surface area (Å²) in [5, 5.41) is 8.06. The number of para-hydroxylation sites is 1. The van der Waals surface area contributed by atoms with Gasteiger partial charge in [-0.25, -0.2) is 19.9 Å². The normalized spacial score (nSPS) is 11.5. The monoisotopic (exact) mass is 587 g/mol. The lowest BCUT2D eigenvalue weighted by atomic mass is 9.89. The molecular formula is C41H25N5. The first-order valence-electron chi connectivity index (χ1n) is 15.3. The maximum absolute atomic E-state index is 5.24. The molecule has 5 heteroatoms. The standard InChI is InChI=1S/C41H25N5/c1-3-11-27(12-4-1)39-44-40(28-13-5-2-6-14-28)46-41(45-39)29-19-20-32-34(25-29)30-15-7-8-16-31(30)36-33-17-9-10-18-35(33)43-38(37(32)36)26-21-23-42-24-22-26/h1-25H. The number of rotatable bonds is 4. The Hall–Kier alpha value is -6.33. The van der Waals surface area contributed by atoms with Crippen molar-refractivity contribution in [3.05, 3.63) is 152 Å². The van der Waals surface area contributed by atoms with Crippen molar-refractivity contribution in [3.63, 3.8) is 0 Å². The molecule has 0 atom stereocenters. The Balaban J connectivity index is 1.37. The van der Waals surface area contributed by atoms with Gasteiger partial charge in [-0.15, -0.1) is 0 Å². The molecule has 9 rings (SSSR count). The molecule has 6 aromatic carbocycles. The number of hydrogen-bond acceptors (Lipinski definition) is 5. The summed E-state index contributed by atoms with van der Waals surface area (Å²) in [4.78, 5) is 24.4. The minimum atomic E-state index is 0.629. The molecule has 5 nitrogen and oxygen atoms in total. The highest BCUT2D eigenvalue weighted by Gasteiger charge is 2.19. The van der Waals surface area contributed by atoms with E-state index in [1.165, 1.54) is 16.2 Å². The van der Waals surface area contributed by atoms with Gasteiger partial charge in [-0.1, -0.05) is 115 Å². The van der Waals surface area contributed by atoms with Crippen LogP contribution >= 0.6 is 0 Å². The Bertz CT molecular complexity index is 2510. The van der Waals surface area contributed by atoms with Gasteiger partial charge in [-0.3, -0.25) is 4.98 Å². The molecule has 3 aromatic heterocycles. The lowest BCUT2D eigenvalue weighted by molar-refractivity contribution is 1.07. The number of benzene rings is 6. The van der Waals surface area contributed by atoms with E-state index in [-0.39, 0.29) is 0 Å². The van der Waals surface area contributed by atoms with E-state index in [1.807, 2.05) is 85.2 Å². The molecule has 0 bridgehead atoms. The lowest BCUT2D eigenvalue weighted by Crippen LogP contribution is -2.00. The van der Waals surface area contributed by atoms with E-state index >= 15 is 0 Å². The third-order valence-electron chi connectivity index (χ3n) is 8.58. The Kier molecular flexibility index (Phi) is 6.06. The number of aromatic nitrogens is 5. The third-order valence-corrected chi connectivity index (χ3v) is 8.58. The summed E-state index contributed by atoms with van der Waals surface area (Å²) in [7, 11) is 0. The Labute approximate surface area is 264 Å². The third kappa shape index (κ3) is 4.29. The number of nitrogens with zero attached hydrogens (tertiary/aromatic N) is 5. The van der Waals surface area contributed by atoms with Gasteiger partial charge in [-0.05, 0) is 45.8 Å².